The maximum atomic E-state index is 12.1. The highest BCUT2D eigenvalue weighted by Crippen LogP contribution is 2.16. The SMILES string of the molecule is CCCCN(C(=O)OC(C)(C)C)C1CCNC1. The van der Waals surface area contributed by atoms with Crippen LogP contribution in [0.1, 0.15) is 47.0 Å². The molecule has 4 heteroatoms. The number of carbonyl (C=O) groups excluding carboxylic acids is 1. The van der Waals surface area contributed by atoms with Crippen LogP contribution in [-0.4, -0.2) is 42.3 Å². The molecule has 0 aliphatic carbocycles. The van der Waals surface area contributed by atoms with E-state index in [1.54, 1.807) is 0 Å². The van der Waals surface area contributed by atoms with Gasteiger partial charge in [-0.2, -0.15) is 0 Å². The summed E-state index contributed by atoms with van der Waals surface area (Å²) in [4.78, 5) is 14.0. The highest BCUT2D eigenvalue weighted by atomic mass is 16.6. The van der Waals surface area contributed by atoms with Crippen molar-refractivity contribution < 1.29 is 9.53 Å². The highest BCUT2D eigenvalue weighted by Gasteiger charge is 2.29. The van der Waals surface area contributed by atoms with E-state index in [2.05, 4.69) is 12.2 Å². The first kappa shape index (κ1) is 14.3. The van der Waals surface area contributed by atoms with Crippen molar-refractivity contribution in [1.29, 1.82) is 0 Å². The van der Waals surface area contributed by atoms with Gasteiger partial charge >= 0.3 is 6.09 Å². The summed E-state index contributed by atoms with van der Waals surface area (Å²) < 4.78 is 5.47. The van der Waals surface area contributed by atoms with Crippen LogP contribution in [0.25, 0.3) is 0 Å². The van der Waals surface area contributed by atoms with Gasteiger partial charge in [0.1, 0.15) is 5.60 Å². The summed E-state index contributed by atoms with van der Waals surface area (Å²) in [5, 5.41) is 3.30. The number of amides is 1. The van der Waals surface area contributed by atoms with Gasteiger partial charge in [-0.1, -0.05) is 13.3 Å². The number of rotatable bonds is 4. The van der Waals surface area contributed by atoms with Gasteiger partial charge in [0.25, 0.3) is 0 Å². The Balaban J connectivity index is 2.57. The van der Waals surface area contributed by atoms with Crippen LogP contribution >= 0.6 is 0 Å². The van der Waals surface area contributed by atoms with Crippen molar-refractivity contribution >= 4 is 6.09 Å². The first-order valence-corrected chi connectivity index (χ1v) is 6.64. The van der Waals surface area contributed by atoms with Crippen LogP contribution in [-0.2, 0) is 4.74 Å². The normalized spacial score (nSPS) is 20.4. The highest BCUT2D eigenvalue weighted by molar-refractivity contribution is 5.68. The molecule has 4 nitrogen and oxygen atoms in total. The van der Waals surface area contributed by atoms with Crippen molar-refractivity contribution in [2.45, 2.75) is 58.6 Å². The Morgan fingerprint density at radius 2 is 2.18 bits per heavy atom. The fourth-order valence-corrected chi connectivity index (χ4v) is 1.98. The lowest BCUT2D eigenvalue weighted by molar-refractivity contribution is 0.0174. The molecule has 17 heavy (non-hydrogen) atoms. The predicted octanol–water partition coefficient (Wildman–Crippen LogP) is 2.39. The lowest BCUT2D eigenvalue weighted by atomic mass is 10.2. The molecule has 1 saturated heterocycles. The molecule has 0 aromatic rings. The van der Waals surface area contributed by atoms with Gasteiger partial charge in [-0.05, 0) is 40.2 Å². The van der Waals surface area contributed by atoms with Gasteiger partial charge < -0.3 is 15.0 Å². The Bertz CT molecular complexity index is 242. The first-order chi connectivity index (χ1) is 7.94. The van der Waals surface area contributed by atoms with E-state index >= 15 is 0 Å². The van der Waals surface area contributed by atoms with Crippen molar-refractivity contribution in [2.24, 2.45) is 0 Å². The van der Waals surface area contributed by atoms with E-state index in [9.17, 15) is 4.79 Å². The van der Waals surface area contributed by atoms with Crippen LogP contribution in [0.4, 0.5) is 4.79 Å². The zero-order valence-electron chi connectivity index (χ0n) is 11.6. The molecule has 1 heterocycles. The van der Waals surface area contributed by atoms with Gasteiger partial charge in [-0.3, -0.25) is 0 Å². The van der Waals surface area contributed by atoms with Crippen LogP contribution in [0.15, 0.2) is 0 Å². The van der Waals surface area contributed by atoms with Crippen molar-refractivity contribution in [3.63, 3.8) is 0 Å². The third kappa shape index (κ3) is 4.94. The lowest BCUT2D eigenvalue weighted by Crippen LogP contribution is -2.44. The maximum Gasteiger partial charge on any atom is 0.410 e. The van der Waals surface area contributed by atoms with E-state index in [1.165, 1.54) is 0 Å². The second-order valence-corrected chi connectivity index (χ2v) is 5.67. The third-order valence-corrected chi connectivity index (χ3v) is 2.86. The summed E-state index contributed by atoms with van der Waals surface area (Å²) >= 11 is 0. The minimum atomic E-state index is -0.409. The van der Waals surface area contributed by atoms with E-state index in [0.29, 0.717) is 6.04 Å². The molecular weight excluding hydrogens is 216 g/mol. The van der Waals surface area contributed by atoms with Crippen LogP contribution in [0.3, 0.4) is 0 Å². The maximum absolute atomic E-state index is 12.1. The Labute approximate surface area is 105 Å². The van der Waals surface area contributed by atoms with Crippen molar-refractivity contribution in [3.05, 3.63) is 0 Å². The third-order valence-electron chi connectivity index (χ3n) is 2.86. The fraction of sp³-hybridized carbons (Fsp3) is 0.923. The molecule has 0 aromatic heterocycles. The molecule has 1 atom stereocenters. The molecule has 0 saturated carbocycles. The monoisotopic (exact) mass is 242 g/mol. The topological polar surface area (TPSA) is 41.6 Å². The Kier molecular flexibility index (Phi) is 5.25. The Hall–Kier alpha value is -0.770. The Morgan fingerprint density at radius 3 is 2.65 bits per heavy atom. The summed E-state index contributed by atoms with van der Waals surface area (Å²) in [5.41, 5.74) is -0.409. The van der Waals surface area contributed by atoms with Gasteiger partial charge in [-0.15, -0.1) is 0 Å². The van der Waals surface area contributed by atoms with Crippen LogP contribution in [0.5, 0.6) is 0 Å². The number of carbonyl (C=O) groups is 1. The lowest BCUT2D eigenvalue weighted by Gasteiger charge is -2.31. The summed E-state index contributed by atoms with van der Waals surface area (Å²) in [6.45, 7) is 10.6. The van der Waals surface area contributed by atoms with Crippen LogP contribution in [0.2, 0.25) is 0 Å². The van der Waals surface area contributed by atoms with Gasteiger partial charge in [0.15, 0.2) is 0 Å². The Morgan fingerprint density at radius 1 is 1.47 bits per heavy atom. The summed E-state index contributed by atoms with van der Waals surface area (Å²) in [6.07, 6.45) is 3.00. The standard InChI is InChI=1S/C13H26N2O2/c1-5-6-9-15(11-7-8-14-10-11)12(16)17-13(2,3)4/h11,14H,5-10H2,1-4H3. The van der Waals surface area contributed by atoms with Gasteiger partial charge in [0.2, 0.25) is 0 Å². The number of unbranched alkanes of at least 4 members (excludes halogenated alkanes) is 1. The van der Waals surface area contributed by atoms with Crippen LogP contribution < -0.4 is 5.32 Å². The zero-order valence-corrected chi connectivity index (χ0v) is 11.6. The second-order valence-electron chi connectivity index (χ2n) is 5.67. The number of nitrogens with zero attached hydrogens (tertiary/aromatic N) is 1. The predicted molar refractivity (Wildman–Crippen MR) is 69.1 cm³/mol. The van der Waals surface area contributed by atoms with E-state index in [4.69, 9.17) is 4.74 Å². The number of hydrogen-bond acceptors (Lipinski definition) is 3. The molecule has 1 aliphatic rings. The molecular formula is C13H26N2O2. The molecule has 0 aromatic carbocycles. The smallest absolute Gasteiger partial charge is 0.410 e. The van der Waals surface area contributed by atoms with Gasteiger partial charge in [-0.25, -0.2) is 4.79 Å². The van der Waals surface area contributed by atoms with Gasteiger partial charge in [0, 0.05) is 19.1 Å². The molecule has 1 amide bonds. The quantitative estimate of drug-likeness (QED) is 0.823. The van der Waals surface area contributed by atoms with Crippen molar-refractivity contribution in [3.8, 4) is 0 Å². The minimum absolute atomic E-state index is 0.167. The molecule has 1 aliphatic heterocycles. The first-order valence-electron chi connectivity index (χ1n) is 6.64. The molecule has 1 unspecified atom stereocenters. The average molecular weight is 242 g/mol. The largest absolute Gasteiger partial charge is 0.444 e. The number of ether oxygens (including phenoxy) is 1. The molecule has 1 rings (SSSR count). The minimum Gasteiger partial charge on any atom is -0.444 e. The van der Waals surface area contributed by atoms with E-state index in [-0.39, 0.29) is 6.09 Å². The van der Waals surface area contributed by atoms with Crippen molar-refractivity contribution in [2.75, 3.05) is 19.6 Å². The molecule has 0 radical (unpaired) electrons. The van der Waals surface area contributed by atoms with E-state index in [0.717, 1.165) is 38.9 Å². The van der Waals surface area contributed by atoms with Gasteiger partial charge in [0.05, 0.1) is 0 Å². The molecule has 1 fully saturated rings. The molecule has 1 N–H and O–H groups in total. The van der Waals surface area contributed by atoms with Crippen LogP contribution in [0, 0.1) is 0 Å². The van der Waals surface area contributed by atoms with E-state index < -0.39 is 5.60 Å². The molecule has 0 bridgehead atoms. The number of nitrogens with one attached hydrogen (secondary N) is 1. The summed E-state index contributed by atoms with van der Waals surface area (Å²) in [7, 11) is 0. The zero-order chi connectivity index (χ0) is 12.9. The number of hydrogen-bond donors (Lipinski definition) is 1. The van der Waals surface area contributed by atoms with Crippen molar-refractivity contribution in [1.82, 2.24) is 10.2 Å². The average Bonchev–Trinajstić information content (AvgIpc) is 2.68. The van der Waals surface area contributed by atoms with E-state index in [1.807, 2.05) is 25.7 Å². The summed E-state index contributed by atoms with van der Waals surface area (Å²) in [6, 6.07) is 0.302. The second kappa shape index (κ2) is 6.24. The summed E-state index contributed by atoms with van der Waals surface area (Å²) in [5.74, 6) is 0. The molecule has 100 valence electrons. The molecule has 0 spiro atoms. The fourth-order valence-electron chi connectivity index (χ4n) is 1.98.